The maximum Gasteiger partial charge on any atom is 0.300 e. The number of nitro benzene ring substituents is 2. The first-order valence-corrected chi connectivity index (χ1v) is 5.97. The predicted molar refractivity (Wildman–Crippen MR) is 77.4 cm³/mol. The molecule has 10 heteroatoms. The van der Waals surface area contributed by atoms with E-state index in [0.717, 1.165) is 12.1 Å². The molecule has 0 radical (unpaired) electrons. The van der Waals surface area contributed by atoms with Crippen molar-refractivity contribution in [2.24, 2.45) is 0 Å². The maximum absolute atomic E-state index is 10.9. The van der Waals surface area contributed by atoms with Gasteiger partial charge in [0.05, 0.1) is 15.9 Å². The van der Waals surface area contributed by atoms with Crippen molar-refractivity contribution in [3.05, 3.63) is 38.4 Å². The Bertz CT molecular complexity index is 548. The maximum atomic E-state index is 10.9. The van der Waals surface area contributed by atoms with Gasteiger partial charge >= 0.3 is 5.69 Å². The lowest BCUT2D eigenvalue weighted by molar-refractivity contribution is -0.393. The molecule has 1 rings (SSSR count). The van der Waals surface area contributed by atoms with E-state index in [1.165, 1.54) is 6.07 Å². The lowest BCUT2D eigenvalue weighted by Gasteiger charge is -2.14. The Kier molecular flexibility index (Phi) is 5.15. The van der Waals surface area contributed by atoms with Crippen LogP contribution in [0.3, 0.4) is 0 Å². The van der Waals surface area contributed by atoms with Crippen LogP contribution in [0.4, 0.5) is 17.1 Å². The van der Waals surface area contributed by atoms with Crippen molar-refractivity contribution in [2.45, 2.75) is 19.9 Å². The summed E-state index contributed by atoms with van der Waals surface area (Å²) >= 11 is 4.94. The fourth-order valence-corrected chi connectivity index (χ4v) is 1.60. The lowest BCUT2D eigenvalue weighted by Crippen LogP contribution is -2.42. The third-order valence-corrected chi connectivity index (χ3v) is 2.34. The largest absolute Gasteiger partial charge is 0.359 e. The topological polar surface area (TPSA) is 122 Å². The van der Waals surface area contributed by atoms with Crippen molar-refractivity contribution in [3.63, 3.8) is 0 Å². The molecule has 0 aliphatic rings. The molecule has 0 saturated heterocycles. The molecule has 3 N–H and O–H groups in total. The molecule has 0 heterocycles. The number of rotatable bonds is 5. The highest BCUT2D eigenvalue weighted by Crippen LogP contribution is 2.28. The summed E-state index contributed by atoms with van der Waals surface area (Å²) in [5, 5.41) is 24.6. The second-order valence-electron chi connectivity index (χ2n) is 4.09. The number of nitrogens with zero attached hydrogens (tertiary/aromatic N) is 2. The van der Waals surface area contributed by atoms with E-state index in [9.17, 15) is 20.2 Å². The number of non-ortho nitro benzene ring substituents is 1. The number of anilines is 1. The zero-order chi connectivity index (χ0) is 15.3. The third kappa shape index (κ3) is 4.31. The molecule has 0 fully saturated rings. The molecule has 0 spiro atoms. The standard InChI is InChI=1S/C10H13N5O4S/c1-6(2)11-10(20)13-12-8-4-3-7(14(16)17)5-9(8)15(18)19/h3-6,12H,1-2H3,(H2,11,13,20). The van der Waals surface area contributed by atoms with Crippen LogP contribution in [0.1, 0.15) is 13.8 Å². The average molecular weight is 299 g/mol. The Morgan fingerprint density at radius 2 is 1.90 bits per heavy atom. The molecule has 0 aliphatic carbocycles. The molecule has 0 saturated carbocycles. The minimum atomic E-state index is -0.712. The Labute approximate surface area is 119 Å². The van der Waals surface area contributed by atoms with Gasteiger partial charge in [-0.15, -0.1) is 0 Å². The van der Waals surface area contributed by atoms with Crippen LogP contribution in [0.25, 0.3) is 0 Å². The zero-order valence-electron chi connectivity index (χ0n) is 10.7. The number of hydrazine groups is 1. The number of benzene rings is 1. The molecular weight excluding hydrogens is 286 g/mol. The molecule has 0 bridgehead atoms. The average Bonchev–Trinajstić information content (AvgIpc) is 2.35. The molecule has 1 aromatic rings. The van der Waals surface area contributed by atoms with Gasteiger partial charge in [0.25, 0.3) is 5.69 Å². The molecule has 20 heavy (non-hydrogen) atoms. The van der Waals surface area contributed by atoms with Gasteiger partial charge in [0.15, 0.2) is 5.11 Å². The summed E-state index contributed by atoms with van der Waals surface area (Å²) in [6.07, 6.45) is 0. The van der Waals surface area contributed by atoms with Gasteiger partial charge in [-0.3, -0.25) is 31.1 Å². The Balaban J connectivity index is 2.87. The second kappa shape index (κ2) is 6.61. The Morgan fingerprint density at radius 1 is 1.25 bits per heavy atom. The first kappa shape index (κ1) is 15.6. The molecule has 108 valence electrons. The molecule has 9 nitrogen and oxygen atoms in total. The highest BCUT2D eigenvalue weighted by molar-refractivity contribution is 7.80. The summed E-state index contributed by atoms with van der Waals surface area (Å²) in [5.41, 5.74) is 4.42. The first-order chi connectivity index (χ1) is 9.31. The van der Waals surface area contributed by atoms with E-state index in [-0.39, 0.29) is 22.5 Å². The van der Waals surface area contributed by atoms with E-state index in [1.54, 1.807) is 0 Å². The van der Waals surface area contributed by atoms with Crippen LogP contribution in [0.5, 0.6) is 0 Å². The van der Waals surface area contributed by atoms with Gasteiger partial charge in [-0.1, -0.05) is 0 Å². The van der Waals surface area contributed by atoms with Crippen molar-refractivity contribution in [1.82, 2.24) is 10.7 Å². The Hall–Kier alpha value is -2.49. The molecule has 0 aliphatic heterocycles. The van der Waals surface area contributed by atoms with Crippen LogP contribution >= 0.6 is 12.2 Å². The summed E-state index contributed by atoms with van der Waals surface area (Å²) in [5.74, 6) is 0. The van der Waals surface area contributed by atoms with Crippen molar-refractivity contribution in [2.75, 3.05) is 5.43 Å². The summed E-state index contributed by atoms with van der Waals surface area (Å²) in [7, 11) is 0. The quantitative estimate of drug-likeness (QED) is 0.426. The molecule has 0 unspecified atom stereocenters. The van der Waals surface area contributed by atoms with Crippen LogP contribution < -0.4 is 16.2 Å². The minimum Gasteiger partial charge on any atom is -0.359 e. The molecule has 1 aromatic carbocycles. The smallest absolute Gasteiger partial charge is 0.300 e. The fourth-order valence-electron chi connectivity index (χ4n) is 1.31. The number of nitro groups is 2. The van der Waals surface area contributed by atoms with Crippen molar-refractivity contribution in [1.29, 1.82) is 0 Å². The number of hydrogen-bond acceptors (Lipinski definition) is 6. The van der Waals surface area contributed by atoms with E-state index in [2.05, 4.69) is 16.2 Å². The monoisotopic (exact) mass is 299 g/mol. The number of nitrogens with one attached hydrogen (secondary N) is 3. The molecular formula is C10H13N5O4S. The summed E-state index contributed by atoms with van der Waals surface area (Å²) in [6, 6.07) is 3.38. The van der Waals surface area contributed by atoms with Crippen LogP contribution in [0.15, 0.2) is 18.2 Å². The predicted octanol–water partition coefficient (Wildman–Crippen LogP) is 1.70. The van der Waals surface area contributed by atoms with Crippen molar-refractivity contribution < 1.29 is 9.85 Å². The van der Waals surface area contributed by atoms with Gasteiger partial charge in [0, 0.05) is 12.1 Å². The second-order valence-corrected chi connectivity index (χ2v) is 4.50. The van der Waals surface area contributed by atoms with Crippen molar-refractivity contribution >= 4 is 34.4 Å². The van der Waals surface area contributed by atoms with Gasteiger partial charge in [-0.2, -0.15) is 0 Å². The SMILES string of the molecule is CC(C)NC(=S)NNc1ccc([N+](=O)[O-])cc1[N+](=O)[O-]. The summed E-state index contributed by atoms with van der Waals surface area (Å²) < 4.78 is 0. The van der Waals surface area contributed by atoms with Gasteiger partial charge in [-0.05, 0) is 32.1 Å². The van der Waals surface area contributed by atoms with E-state index in [1.807, 2.05) is 13.8 Å². The van der Waals surface area contributed by atoms with E-state index in [0.29, 0.717) is 0 Å². The van der Waals surface area contributed by atoms with Crippen LogP contribution in [0, 0.1) is 20.2 Å². The normalized spacial score (nSPS) is 9.95. The van der Waals surface area contributed by atoms with Crippen LogP contribution in [-0.2, 0) is 0 Å². The summed E-state index contributed by atoms with van der Waals surface area (Å²) in [6.45, 7) is 3.75. The minimum absolute atomic E-state index is 0.0773. The van der Waals surface area contributed by atoms with Gasteiger partial charge in [-0.25, -0.2) is 0 Å². The number of hydrogen-bond donors (Lipinski definition) is 3. The van der Waals surface area contributed by atoms with E-state index in [4.69, 9.17) is 12.2 Å². The molecule has 0 atom stereocenters. The summed E-state index contributed by atoms with van der Waals surface area (Å²) in [4.78, 5) is 20.1. The zero-order valence-corrected chi connectivity index (χ0v) is 11.6. The fraction of sp³-hybridized carbons (Fsp3) is 0.300. The molecule has 0 amide bonds. The highest BCUT2D eigenvalue weighted by atomic mass is 32.1. The van der Waals surface area contributed by atoms with Gasteiger partial charge in [0.1, 0.15) is 5.69 Å². The van der Waals surface area contributed by atoms with E-state index >= 15 is 0 Å². The van der Waals surface area contributed by atoms with Gasteiger partial charge < -0.3 is 5.32 Å². The third-order valence-electron chi connectivity index (χ3n) is 2.12. The highest BCUT2D eigenvalue weighted by Gasteiger charge is 2.19. The van der Waals surface area contributed by atoms with Crippen LogP contribution in [-0.4, -0.2) is 21.0 Å². The Morgan fingerprint density at radius 3 is 2.40 bits per heavy atom. The van der Waals surface area contributed by atoms with Gasteiger partial charge in [0.2, 0.25) is 0 Å². The van der Waals surface area contributed by atoms with Crippen molar-refractivity contribution in [3.8, 4) is 0 Å². The lowest BCUT2D eigenvalue weighted by atomic mass is 10.2. The van der Waals surface area contributed by atoms with Crippen LogP contribution in [0.2, 0.25) is 0 Å². The van der Waals surface area contributed by atoms with E-state index < -0.39 is 15.5 Å². The first-order valence-electron chi connectivity index (χ1n) is 5.56. The molecule has 0 aromatic heterocycles. The number of thiocarbonyl (C=S) groups is 1.